The van der Waals surface area contributed by atoms with Crippen molar-refractivity contribution in [3.05, 3.63) is 42.2 Å². The quantitative estimate of drug-likeness (QED) is 0.716. The van der Waals surface area contributed by atoms with Crippen LogP contribution in [0.4, 0.5) is 5.69 Å². The number of nitrogens with zero attached hydrogens (tertiary/aromatic N) is 1. The molecule has 0 atom stereocenters. The second-order valence-electron chi connectivity index (χ2n) is 3.72. The van der Waals surface area contributed by atoms with Crippen LogP contribution in [0.1, 0.15) is 10.4 Å². The third-order valence-electron chi connectivity index (χ3n) is 2.25. The molecule has 0 spiro atoms. The maximum absolute atomic E-state index is 11.7. The first kappa shape index (κ1) is 13.0. The molecular weight excluding hydrogens is 264 g/mol. The van der Waals surface area contributed by atoms with Crippen molar-refractivity contribution >= 4 is 28.8 Å². The highest BCUT2D eigenvalue weighted by Crippen LogP contribution is 2.16. The van der Waals surface area contributed by atoms with Crippen LogP contribution >= 0.6 is 12.2 Å². The molecule has 0 fully saturated rings. The number of carbonyl (C=O) groups excluding carboxylic acids is 1. The Kier molecular flexibility index (Phi) is 4.09. The Morgan fingerprint density at radius 2 is 2.16 bits per heavy atom. The third-order valence-corrected chi connectivity index (χ3v) is 2.37. The Hall–Kier alpha value is -2.41. The van der Waals surface area contributed by atoms with E-state index in [0.29, 0.717) is 17.0 Å². The number of aromatic amines is 1. The van der Waals surface area contributed by atoms with E-state index in [9.17, 15) is 4.79 Å². The van der Waals surface area contributed by atoms with Crippen molar-refractivity contribution in [3.8, 4) is 5.75 Å². The lowest BCUT2D eigenvalue weighted by atomic mass is 10.2. The largest absolute Gasteiger partial charge is 0.487 e. The summed E-state index contributed by atoms with van der Waals surface area (Å²) in [5, 5.41) is 9.02. The van der Waals surface area contributed by atoms with Crippen LogP contribution in [0.5, 0.6) is 5.75 Å². The van der Waals surface area contributed by atoms with E-state index in [0.717, 1.165) is 0 Å². The van der Waals surface area contributed by atoms with E-state index in [4.69, 9.17) is 22.7 Å². The lowest BCUT2D eigenvalue weighted by Crippen LogP contribution is -2.17. The molecule has 1 heterocycles. The molecule has 1 aromatic heterocycles. The molecule has 0 aliphatic carbocycles. The van der Waals surface area contributed by atoms with E-state index in [1.54, 1.807) is 24.3 Å². The number of amides is 1. The molecule has 0 saturated carbocycles. The zero-order valence-corrected chi connectivity index (χ0v) is 10.7. The van der Waals surface area contributed by atoms with Crippen LogP contribution in [0.15, 0.2) is 36.7 Å². The predicted molar refractivity (Wildman–Crippen MR) is 75.3 cm³/mol. The highest BCUT2D eigenvalue weighted by Gasteiger charge is 2.06. The fraction of sp³-hybridized carbons (Fsp3) is 0.0833. The van der Waals surface area contributed by atoms with Crippen LogP contribution in [0.25, 0.3) is 0 Å². The first-order chi connectivity index (χ1) is 9.15. The fourth-order valence-electron chi connectivity index (χ4n) is 1.37. The average Bonchev–Trinajstić information content (AvgIpc) is 2.92. The predicted octanol–water partition coefficient (Wildman–Crippen LogP) is 1.33. The van der Waals surface area contributed by atoms with Crippen LogP contribution < -0.4 is 15.8 Å². The van der Waals surface area contributed by atoms with E-state index >= 15 is 0 Å². The van der Waals surface area contributed by atoms with Crippen LogP contribution in [0, 0.1) is 0 Å². The maximum Gasteiger partial charge on any atom is 0.258 e. The molecule has 4 N–H and O–H groups in total. The van der Waals surface area contributed by atoms with Gasteiger partial charge in [0.2, 0.25) is 0 Å². The summed E-state index contributed by atoms with van der Waals surface area (Å²) in [6, 6.07) is 6.91. The highest BCUT2D eigenvalue weighted by molar-refractivity contribution is 7.80. The van der Waals surface area contributed by atoms with E-state index in [1.165, 1.54) is 12.4 Å². The Morgan fingerprint density at radius 3 is 2.74 bits per heavy atom. The summed E-state index contributed by atoms with van der Waals surface area (Å²) < 4.78 is 5.31. The molecular formula is C12H12N4O2S. The number of nitrogens with two attached hydrogens (primary N) is 1. The van der Waals surface area contributed by atoms with Gasteiger partial charge in [-0.3, -0.25) is 9.89 Å². The van der Waals surface area contributed by atoms with Crippen molar-refractivity contribution in [2.24, 2.45) is 5.73 Å². The number of carbonyl (C=O) groups is 1. The number of ether oxygens (including phenoxy) is 1. The van der Waals surface area contributed by atoms with Gasteiger partial charge in [0.25, 0.3) is 5.91 Å². The summed E-state index contributed by atoms with van der Waals surface area (Å²) in [6.07, 6.45) is 2.98. The van der Waals surface area contributed by atoms with Gasteiger partial charge in [-0.1, -0.05) is 12.2 Å². The Morgan fingerprint density at radius 1 is 1.42 bits per heavy atom. The van der Waals surface area contributed by atoms with Gasteiger partial charge in [0.15, 0.2) is 0 Å². The number of aromatic nitrogens is 2. The SMILES string of the molecule is NC(=S)COc1ccc(NC(=O)c2cn[nH]c2)cc1. The zero-order chi connectivity index (χ0) is 13.7. The third kappa shape index (κ3) is 3.78. The number of anilines is 1. The molecule has 0 saturated heterocycles. The van der Waals surface area contributed by atoms with Crippen molar-refractivity contribution in [1.82, 2.24) is 10.2 Å². The second-order valence-corrected chi connectivity index (χ2v) is 4.24. The molecule has 6 nitrogen and oxygen atoms in total. The number of rotatable bonds is 5. The van der Waals surface area contributed by atoms with Gasteiger partial charge in [-0.15, -0.1) is 0 Å². The van der Waals surface area contributed by atoms with E-state index in [2.05, 4.69) is 15.5 Å². The van der Waals surface area contributed by atoms with Crippen LogP contribution in [0.2, 0.25) is 0 Å². The Balaban J connectivity index is 1.95. The van der Waals surface area contributed by atoms with Crippen LogP contribution in [0.3, 0.4) is 0 Å². The van der Waals surface area contributed by atoms with E-state index in [-0.39, 0.29) is 17.5 Å². The summed E-state index contributed by atoms with van der Waals surface area (Å²) in [7, 11) is 0. The normalized spacial score (nSPS) is 9.89. The fourth-order valence-corrected chi connectivity index (χ4v) is 1.43. The molecule has 98 valence electrons. The molecule has 19 heavy (non-hydrogen) atoms. The number of benzene rings is 1. The molecule has 0 aliphatic heterocycles. The van der Waals surface area contributed by atoms with Crippen LogP contribution in [-0.2, 0) is 0 Å². The van der Waals surface area contributed by atoms with E-state index < -0.39 is 0 Å². The molecule has 2 rings (SSSR count). The highest BCUT2D eigenvalue weighted by atomic mass is 32.1. The van der Waals surface area contributed by atoms with Gasteiger partial charge in [0.1, 0.15) is 17.3 Å². The van der Waals surface area contributed by atoms with Crippen molar-refractivity contribution in [3.63, 3.8) is 0 Å². The molecule has 7 heteroatoms. The minimum atomic E-state index is -0.231. The van der Waals surface area contributed by atoms with Crippen molar-refractivity contribution in [2.75, 3.05) is 11.9 Å². The second kappa shape index (κ2) is 5.96. The van der Waals surface area contributed by atoms with Gasteiger partial charge in [0, 0.05) is 11.9 Å². The first-order valence-electron chi connectivity index (χ1n) is 5.46. The smallest absolute Gasteiger partial charge is 0.258 e. The van der Waals surface area contributed by atoms with Gasteiger partial charge in [-0.05, 0) is 24.3 Å². The zero-order valence-electron chi connectivity index (χ0n) is 9.92. The number of hydrogen-bond acceptors (Lipinski definition) is 4. The Bertz CT molecular complexity index is 566. The van der Waals surface area contributed by atoms with Crippen molar-refractivity contribution < 1.29 is 9.53 Å². The standard InChI is InChI=1S/C12H12N4O2S/c13-11(19)7-18-10-3-1-9(2-4-10)16-12(17)8-5-14-15-6-8/h1-6H,7H2,(H2,13,19)(H,14,15)(H,16,17). The molecule has 0 bridgehead atoms. The number of thiocarbonyl (C=S) groups is 1. The van der Waals surface area contributed by atoms with Gasteiger partial charge in [0.05, 0.1) is 11.8 Å². The minimum Gasteiger partial charge on any atom is -0.487 e. The van der Waals surface area contributed by atoms with Crippen molar-refractivity contribution in [1.29, 1.82) is 0 Å². The molecule has 1 aromatic carbocycles. The van der Waals surface area contributed by atoms with E-state index in [1.807, 2.05) is 0 Å². The first-order valence-corrected chi connectivity index (χ1v) is 5.87. The van der Waals surface area contributed by atoms with Gasteiger partial charge in [-0.2, -0.15) is 5.10 Å². The maximum atomic E-state index is 11.7. The monoisotopic (exact) mass is 276 g/mol. The van der Waals surface area contributed by atoms with Gasteiger partial charge in [-0.25, -0.2) is 0 Å². The molecule has 0 radical (unpaired) electrons. The number of hydrogen-bond donors (Lipinski definition) is 3. The lowest BCUT2D eigenvalue weighted by Gasteiger charge is -2.07. The molecule has 2 aromatic rings. The van der Waals surface area contributed by atoms with Crippen molar-refractivity contribution in [2.45, 2.75) is 0 Å². The van der Waals surface area contributed by atoms with Gasteiger partial charge < -0.3 is 15.8 Å². The van der Waals surface area contributed by atoms with Crippen LogP contribution in [-0.4, -0.2) is 27.7 Å². The number of nitrogens with one attached hydrogen (secondary N) is 2. The molecule has 0 unspecified atom stereocenters. The van der Waals surface area contributed by atoms with Gasteiger partial charge >= 0.3 is 0 Å². The molecule has 1 amide bonds. The lowest BCUT2D eigenvalue weighted by molar-refractivity contribution is 0.102. The minimum absolute atomic E-state index is 0.191. The summed E-state index contributed by atoms with van der Waals surface area (Å²) in [5.74, 6) is 0.402. The summed E-state index contributed by atoms with van der Waals surface area (Å²) in [5.41, 5.74) is 6.46. The summed E-state index contributed by atoms with van der Waals surface area (Å²) in [4.78, 5) is 12.0. The Labute approximate surface area is 115 Å². The topological polar surface area (TPSA) is 93.0 Å². The summed E-state index contributed by atoms with van der Waals surface area (Å²) in [6.45, 7) is 0.191. The average molecular weight is 276 g/mol. The molecule has 0 aliphatic rings. The number of H-pyrrole nitrogens is 1. The summed E-state index contributed by atoms with van der Waals surface area (Å²) >= 11 is 4.71.